The molecule has 8 nitrogen and oxygen atoms in total. The summed E-state index contributed by atoms with van der Waals surface area (Å²) in [4.78, 5) is 25.3. The van der Waals surface area contributed by atoms with Crippen molar-refractivity contribution in [2.24, 2.45) is 0 Å². The summed E-state index contributed by atoms with van der Waals surface area (Å²) in [5.41, 5.74) is 1.84. The monoisotopic (exact) mass is 450 g/mol. The van der Waals surface area contributed by atoms with Gasteiger partial charge in [-0.2, -0.15) is 0 Å². The third kappa shape index (κ3) is 7.17. The van der Waals surface area contributed by atoms with Crippen LogP contribution in [-0.2, 0) is 27.3 Å². The minimum Gasteiger partial charge on any atom is -0.458 e. The van der Waals surface area contributed by atoms with Gasteiger partial charge in [-0.05, 0) is 45.2 Å². The third-order valence-corrected chi connectivity index (χ3v) is 4.86. The molecular formula is C25H30N4O4. The summed E-state index contributed by atoms with van der Waals surface area (Å²) in [5, 5.41) is 11.0. The maximum absolute atomic E-state index is 12.6. The molecule has 1 aromatic heterocycles. The lowest BCUT2D eigenvalue weighted by atomic mass is 10.0. The van der Waals surface area contributed by atoms with Crippen LogP contribution < -0.4 is 5.32 Å². The first-order valence-electron chi connectivity index (χ1n) is 10.9. The molecule has 0 spiro atoms. The van der Waals surface area contributed by atoms with Crippen molar-refractivity contribution in [2.75, 3.05) is 0 Å². The molecule has 3 rings (SSSR count). The lowest BCUT2D eigenvalue weighted by Crippen LogP contribution is -2.34. The molecule has 0 aliphatic carbocycles. The topological polar surface area (TPSA) is 95.3 Å². The molecule has 0 aliphatic rings. The van der Waals surface area contributed by atoms with E-state index in [9.17, 15) is 9.59 Å². The number of nitrogens with zero attached hydrogens (tertiary/aromatic N) is 3. The van der Waals surface area contributed by atoms with Crippen molar-refractivity contribution in [3.05, 3.63) is 83.7 Å². The highest BCUT2D eigenvalue weighted by Gasteiger charge is 2.29. The van der Waals surface area contributed by atoms with Gasteiger partial charge in [0.1, 0.15) is 18.2 Å². The average Bonchev–Trinajstić information content (AvgIpc) is 3.27. The standard InChI is InChI=1S/C25H30N4O4/c1-18(23(30)33-25(2,3)4)29-22(16-26-28-29)21(15-19-11-7-5-8-12-19)27-24(31)32-17-20-13-9-6-10-14-20/h5-14,16,18,21H,15,17H2,1-4H3,(H,27,31)/t18-,21-/m0/s1. The Morgan fingerprint density at radius 2 is 1.61 bits per heavy atom. The molecule has 8 heteroatoms. The van der Waals surface area contributed by atoms with Crippen LogP contribution >= 0.6 is 0 Å². The molecule has 3 aromatic rings. The number of aromatic nitrogens is 3. The maximum atomic E-state index is 12.6. The fraction of sp³-hybridized carbons (Fsp3) is 0.360. The Labute approximate surface area is 193 Å². The number of amides is 1. The van der Waals surface area contributed by atoms with Crippen molar-refractivity contribution in [3.63, 3.8) is 0 Å². The second-order valence-corrected chi connectivity index (χ2v) is 8.76. The van der Waals surface area contributed by atoms with E-state index in [0.717, 1.165) is 11.1 Å². The summed E-state index contributed by atoms with van der Waals surface area (Å²) in [5.74, 6) is -0.431. The normalized spacial score (nSPS) is 13.1. The SMILES string of the molecule is C[C@@H](C(=O)OC(C)(C)C)n1nncc1[C@H](Cc1ccccc1)NC(=O)OCc1ccccc1. The molecule has 0 radical (unpaired) electrons. The number of nitrogens with one attached hydrogen (secondary N) is 1. The van der Waals surface area contributed by atoms with E-state index in [-0.39, 0.29) is 6.61 Å². The summed E-state index contributed by atoms with van der Waals surface area (Å²) in [6, 6.07) is 17.9. The first kappa shape index (κ1) is 24.0. The summed E-state index contributed by atoms with van der Waals surface area (Å²) in [6.45, 7) is 7.27. The molecule has 0 bridgehead atoms. The van der Waals surface area contributed by atoms with Gasteiger partial charge in [-0.3, -0.25) is 0 Å². The van der Waals surface area contributed by atoms with Crippen LogP contribution in [0.15, 0.2) is 66.9 Å². The Balaban J connectivity index is 1.79. The average molecular weight is 451 g/mol. The van der Waals surface area contributed by atoms with Gasteiger partial charge < -0.3 is 14.8 Å². The van der Waals surface area contributed by atoms with Gasteiger partial charge in [-0.1, -0.05) is 65.9 Å². The summed E-state index contributed by atoms with van der Waals surface area (Å²) in [7, 11) is 0. The molecule has 1 amide bonds. The lowest BCUT2D eigenvalue weighted by molar-refractivity contribution is -0.158. The van der Waals surface area contributed by atoms with Crippen molar-refractivity contribution in [3.8, 4) is 0 Å². The highest BCUT2D eigenvalue weighted by molar-refractivity contribution is 5.74. The predicted octanol–water partition coefficient (Wildman–Crippen LogP) is 4.39. The van der Waals surface area contributed by atoms with Crippen molar-refractivity contribution < 1.29 is 19.1 Å². The van der Waals surface area contributed by atoms with E-state index in [0.29, 0.717) is 12.1 Å². The molecule has 0 saturated heterocycles. The molecule has 0 unspecified atom stereocenters. The zero-order valence-corrected chi connectivity index (χ0v) is 19.4. The molecule has 0 saturated carbocycles. The molecule has 1 heterocycles. The van der Waals surface area contributed by atoms with Crippen LogP contribution in [0.3, 0.4) is 0 Å². The van der Waals surface area contributed by atoms with E-state index in [2.05, 4.69) is 15.6 Å². The van der Waals surface area contributed by atoms with Gasteiger partial charge in [-0.25, -0.2) is 14.3 Å². The fourth-order valence-corrected chi connectivity index (χ4v) is 3.28. The van der Waals surface area contributed by atoms with Gasteiger partial charge in [0, 0.05) is 0 Å². The summed E-state index contributed by atoms with van der Waals surface area (Å²) >= 11 is 0. The Morgan fingerprint density at radius 3 is 2.21 bits per heavy atom. The van der Waals surface area contributed by atoms with E-state index in [1.807, 2.05) is 81.4 Å². The molecule has 0 fully saturated rings. The zero-order chi connectivity index (χ0) is 23.8. The highest BCUT2D eigenvalue weighted by Crippen LogP contribution is 2.23. The quantitative estimate of drug-likeness (QED) is 0.512. The molecule has 1 N–H and O–H groups in total. The number of rotatable bonds is 8. The Bertz CT molecular complexity index is 1050. The fourth-order valence-electron chi connectivity index (χ4n) is 3.28. The number of ether oxygens (including phenoxy) is 2. The van der Waals surface area contributed by atoms with Crippen molar-refractivity contribution in [1.29, 1.82) is 0 Å². The van der Waals surface area contributed by atoms with E-state index in [1.54, 1.807) is 13.1 Å². The number of alkyl carbamates (subject to hydrolysis) is 1. The number of carbonyl (C=O) groups is 2. The molecule has 33 heavy (non-hydrogen) atoms. The van der Waals surface area contributed by atoms with Crippen molar-refractivity contribution in [1.82, 2.24) is 20.3 Å². The highest BCUT2D eigenvalue weighted by atomic mass is 16.6. The van der Waals surface area contributed by atoms with Gasteiger partial charge in [0.2, 0.25) is 0 Å². The number of carbonyl (C=O) groups excluding carboxylic acids is 2. The zero-order valence-electron chi connectivity index (χ0n) is 19.4. The van der Waals surface area contributed by atoms with Crippen molar-refractivity contribution in [2.45, 2.75) is 58.4 Å². The Kier molecular flexibility index (Phi) is 7.82. The van der Waals surface area contributed by atoms with Crippen LogP contribution in [0.1, 0.15) is 56.6 Å². The van der Waals surface area contributed by atoms with E-state index in [1.165, 1.54) is 4.68 Å². The largest absolute Gasteiger partial charge is 0.458 e. The van der Waals surface area contributed by atoms with E-state index >= 15 is 0 Å². The smallest absolute Gasteiger partial charge is 0.408 e. The molecule has 174 valence electrons. The molecule has 2 atom stereocenters. The maximum Gasteiger partial charge on any atom is 0.408 e. The number of hydrogen-bond acceptors (Lipinski definition) is 6. The van der Waals surface area contributed by atoms with E-state index < -0.39 is 29.7 Å². The van der Waals surface area contributed by atoms with Crippen LogP contribution in [0.25, 0.3) is 0 Å². The van der Waals surface area contributed by atoms with Gasteiger partial charge in [-0.15, -0.1) is 5.10 Å². The van der Waals surface area contributed by atoms with Crippen LogP contribution in [0, 0.1) is 0 Å². The van der Waals surface area contributed by atoms with Crippen LogP contribution in [0.5, 0.6) is 0 Å². The number of benzene rings is 2. The lowest BCUT2D eigenvalue weighted by Gasteiger charge is -2.25. The summed E-state index contributed by atoms with van der Waals surface area (Å²) in [6.07, 6.45) is 1.44. The minimum atomic E-state index is -0.720. The second kappa shape index (κ2) is 10.8. The second-order valence-electron chi connectivity index (χ2n) is 8.76. The van der Waals surface area contributed by atoms with Gasteiger partial charge in [0.15, 0.2) is 0 Å². The summed E-state index contributed by atoms with van der Waals surface area (Å²) < 4.78 is 12.4. The van der Waals surface area contributed by atoms with Crippen LogP contribution in [-0.4, -0.2) is 32.7 Å². The van der Waals surface area contributed by atoms with Gasteiger partial charge in [0.05, 0.1) is 17.9 Å². The number of esters is 1. The molecular weight excluding hydrogens is 420 g/mol. The molecule has 2 aromatic carbocycles. The number of hydrogen-bond donors (Lipinski definition) is 1. The van der Waals surface area contributed by atoms with Gasteiger partial charge in [0.25, 0.3) is 0 Å². The van der Waals surface area contributed by atoms with Crippen LogP contribution in [0.2, 0.25) is 0 Å². The third-order valence-electron chi connectivity index (χ3n) is 4.86. The van der Waals surface area contributed by atoms with Crippen LogP contribution in [0.4, 0.5) is 4.79 Å². The first-order valence-corrected chi connectivity index (χ1v) is 10.9. The van der Waals surface area contributed by atoms with E-state index in [4.69, 9.17) is 9.47 Å². The predicted molar refractivity (Wildman–Crippen MR) is 123 cm³/mol. The molecule has 0 aliphatic heterocycles. The Hall–Kier alpha value is -3.68. The minimum absolute atomic E-state index is 0.149. The first-order chi connectivity index (χ1) is 15.7. The Morgan fingerprint density at radius 1 is 1.00 bits per heavy atom. The van der Waals surface area contributed by atoms with Crippen molar-refractivity contribution >= 4 is 12.1 Å². The van der Waals surface area contributed by atoms with Gasteiger partial charge >= 0.3 is 12.1 Å².